The zero-order chi connectivity index (χ0) is 15.4. The summed E-state index contributed by atoms with van der Waals surface area (Å²) in [7, 11) is 0. The maximum atomic E-state index is 12.9. The van der Waals surface area contributed by atoms with Crippen LogP contribution < -0.4 is 5.32 Å². The van der Waals surface area contributed by atoms with Crippen LogP contribution in [0.5, 0.6) is 0 Å². The fourth-order valence-electron chi connectivity index (χ4n) is 2.33. The number of rotatable bonds is 5. The zero-order valence-electron chi connectivity index (χ0n) is 11.9. The summed E-state index contributed by atoms with van der Waals surface area (Å²) in [6, 6.07) is 12.7. The number of benzene rings is 2. The van der Waals surface area contributed by atoms with Crippen molar-refractivity contribution in [3.8, 4) is 0 Å². The molecule has 0 bridgehead atoms. The van der Waals surface area contributed by atoms with E-state index in [9.17, 15) is 14.5 Å². The van der Waals surface area contributed by atoms with E-state index in [0.29, 0.717) is 5.56 Å². The SMILES string of the molecule is CC(N[C@@H](C)c1ccc(F)cc1)c1ccccc1[N+](=O)[O-]. The molecule has 0 amide bonds. The Bertz CT molecular complexity index is 628. The summed E-state index contributed by atoms with van der Waals surface area (Å²) < 4.78 is 12.9. The van der Waals surface area contributed by atoms with Crippen LogP contribution >= 0.6 is 0 Å². The summed E-state index contributed by atoms with van der Waals surface area (Å²) >= 11 is 0. The lowest BCUT2D eigenvalue weighted by atomic mass is 10.0. The van der Waals surface area contributed by atoms with Gasteiger partial charge < -0.3 is 5.32 Å². The van der Waals surface area contributed by atoms with Gasteiger partial charge in [0.15, 0.2) is 0 Å². The number of nitrogens with zero attached hydrogens (tertiary/aromatic N) is 1. The first kappa shape index (κ1) is 15.1. The topological polar surface area (TPSA) is 55.2 Å². The second-order valence-corrected chi connectivity index (χ2v) is 4.98. The highest BCUT2D eigenvalue weighted by atomic mass is 19.1. The van der Waals surface area contributed by atoms with E-state index in [1.807, 2.05) is 13.8 Å². The lowest BCUT2D eigenvalue weighted by molar-refractivity contribution is -0.385. The van der Waals surface area contributed by atoms with Crippen molar-refractivity contribution in [1.82, 2.24) is 5.32 Å². The molecule has 5 heteroatoms. The largest absolute Gasteiger partial charge is 0.303 e. The second-order valence-electron chi connectivity index (χ2n) is 4.98. The Hall–Kier alpha value is -2.27. The summed E-state index contributed by atoms with van der Waals surface area (Å²) in [5.74, 6) is -0.280. The molecule has 2 aromatic rings. The standard InChI is InChI=1S/C16H17FN2O2/c1-11(13-7-9-14(17)10-8-13)18-12(2)15-5-3-4-6-16(15)19(20)21/h3-12,18H,1-2H3/t11-,12?/m0/s1. The van der Waals surface area contributed by atoms with Gasteiger partial charge in [0.2, 0.25) is 0 Å². The van der Waals surface area contributed by atoms with Crippen LogP contribution in [0, 0.1) is 15.9 Å². The maximum Gasteiger partial charge on any atom is 0.274 e. The molecule has 21 heavy (non-hydrogen) atoms. The van der Waals surface area contributed by atoms with Gasteiger partial charge in [-0.1, -0.05) is 30.3 Å². The minimum atomic E-state index is -0.379. The number of nitro benzene ring substituents is 1. The highest BCUT2D eigenvalue weighted by molar-refractivity contribution is 5.41. The summed E-state index contributed by atoms with van der Waals surface area (Å²) in [5, 5.41) is 14.4. The highest BCUT2D eigenvalue weighted by Gasteiger charge is 2.19. The van der Waals surface area contributed by atoms with Gasteiger partial charge in [-0.2, -0.15) is 0 Å². The number of nitro groups is 1. The number of para-hydroxylation sites is 1. The van der Waals surface area contributed by atoms with Gasteiger partial charge in [0.25, 0.3) is 5.69 Å². The maximum absolute atomic E-state index is 12.9. The van der Waals surface area contributed by atoms with Crippen LogP contribution in [0.2, 0.25) is 0 Å². The number of hydrogen-bond acceptors (Lipinski definition) is 3. The fourth-order valence-corrected chi connectivity index (χ4v) is 2.33. The van der Waals surface area contributed by atoms with E-state index in [1.165, 1.54) is 18.2 Å². The molecule has 1 N–H and O–H groups in total. The molecule has 110 valence electrons. The third-order valence-electron chi connectivity index (χ3n) is 3.47. The van der Waals surface area contributed by atoms with Crippen LogP contribution in [0.1, 0.15) is 37.1 Å². The van der Waals surface area contributed by atoms with Crippen molar-refractivity contribution >= 4 is 5.69 Å². The fraction of sp³-hybridized carbons (Fsp3) is 0.250. The highest BCUT2D eigenvalue weighted by Crippen LogP contribution is 2.26. The van der Waals surface area contributed by atoms with Gasteiger partial charge in [0, 0.05) is 23.7 Å². The lowest BCUT2D eigenvalue weighted by Crippen LogP contribution is -2.23. The molecule has 0 aliphatic heterocycles. The van der Waals surface area contributed by atoms with Crippen molar-refractivity contribution < 1.29 is 9.31 Å². The first-order valence-corrected chi connectivity index (χ1v) is 6.74. The molecule has 0 spiro atoms. The van der Waals surface area contributed by atoms with Crippen LogP contribution in [0.4, 0.5) is 10.1 Å². The monoisotopic (exact) mass is 288 g/mol. The Labute approximate surface area is 122 Å². The normalized spacial score (nSPS) is 13.7. The molecule has 2 aromatic carbocycles. The molecule has 2 atom stereocenters. The smallest absolute Gasteiger partial charge is 0.274 e. The number of hydrogen-bond donors (Lipinski definition) is 1. The number of nitrogens with one attached hydrogen (secondary N) is 1. The average Bonchev–Trinajstić information content (AvgIpc) is 2.47. The minimum Gasteiger partial charge on any atom is -0.303 e. The third-order valence-corrected chi connectivity index (χ3v) is 3.47. The summed E-state index contributed by atoms with van der Waals surface area (Å²) in [5.41, 5.74) is 1.67. The van der Waals surface area contributed by atoms with E-state index in [1.54, 1.807) is 30.3 Å². The van der Waals surface area contributed by atoms with E-state index < -0.39 is 0 Å². The van der Waals surface area contributed by atoms with E-state index in [0.717, 1.165) is 5.56 Å². The Morgan fingerprint density at radius 3 is 2.29 bits per heavy atom. The molecule has 0 heterocycles. The minimum absolute atomic E-state index is 0.0413. The summed E-state index contributed by atoms with van der Waals surface area (Å²) in [4.78, 5) is 10.7. The molecule has 1 unspecified atom stereocenters. The molecular formula is C16H17FN2O2. The van der Waals surface area contributed by atoms with E-state index >= 15 is 0 Å². The van der Waals surface area contributed by atoms with Crippen molar-refractivity contribution in [2.75, 3.05) is 0 Å². The predicted molar refractivity (Wildman–Crippen MR) is 79.5 cm³/mol. The average molecular weight is 288 g/mol. The summed E-state index contributed by atoms with van der Waals surface area (Å²) in [6.45, 7) is 3.82. The molecule has 0 aromatic heterocycles. The van der Waals surface area contributed by atoms with Crippen LogP contribution in [0.3, 0.4) is 0 Å². The quantitative estimate of drug-likeness (QED) is 0.664. The Morgan fingerprint density at radius 2 is 1.67 bits per heavy atom. The lowest BCUT2D eigenvalue weighted by Gasteiger charge is -2.20. The van der Waals surface area contributed by atoms with Gasteiger partial charge in [0.1, 0.15) is 5.82 Å². The van der Waals surface area contributed by atoms with E-state index in [2.05, 4.69) is 5.32 Å². The van der Waals surface area contributed by atoms with Crippen molar-refractivity contribution in [1.29, 1.82) is 0 Å². The molecule has 0 saturated heterocycles. The Morgan fingerprint density at radius 1 is 1.05 bits per heavy atom. The number of halogens is 1. The Kier molecular flexibility index (Phi) is 4.65. The van der Waals surface area contributed by atoms with Crippen molar-refractivity contribution in [2.45, 2.75) is 25.9 Å². The van der Waals surface area contributed by atoms with Crippen molar-refractivity contribution in [3.63, 3.8) is 0 Å². The van der Waals surface area contributed by atoms with Crippen LogP contribution in [0.25, 0.3) is 0 Å². The first-order valence-electron chi connectivity index (χ1n) is 6.74. The van der Waals surface area contributed by atoms with Crippen LogP contribution in [-0.4, -0.2) is 4.92 Å². The van der Waals surface area contributed by atoms with Crippen LogP contribution in [-0.2, 0) is 0 Å². The van der Waals surface area contributed by atoms with E-state index in [-0.39, 0.29) is 28.5 Å². The van der Waals surface area contributed by atoms with Crippen molar-refractivity contribution in [3.05, 3.63) is 75.6 Å². The van der Waals surface area contributed by atoms with Crippen LogP contribution in [0.15, 0.2) is 48.5 Å². The third kappa shape index (κ3) is 3.64. The van der Waals surface area contributed by atoms with Gasteiger partial charge in [-0.25, -0.2) is 4.39 Å². The van der Waals surface area contributed by atoms with Gasteiger partial charge in [-0.05, 0) is 31.5 Å². The molecular weight excluding hydrogens is 271 g/mol. The molecule has 0 aliphatic carbocycles. The Balaban J connectivity index is 2.16. The molecule has 0 saturated carbocycles. The first-order chi connectivity index (χ1) is 9.99. The van der Waals surface area contributed by atoms with E-state index in [4.69, 9.17) is 0 Å². The molecule has 0 fully saturated rings. The second kappa shape index (κ2) is 6.45. The van der Waals surface area contributed by atoms with Crippen molar-refractivity contribution in [2.24, 2.45) is 0 Å². The predicted octanol–water partition coefficient (Wildman–Crippen LogP) is 4.15. The summed E-state index contributed by atoms with van der Waals surface area (Å²) in [6.07, 6.45) is 0. The van der Waals surface area contributed by atoms with Gasteiger partial charge in [-0.15, -0.1) is 0 Å². The molecule has 4 nitrogen and oxygen atoms in total. The molecule has 0 radical (unpaired) electrons. The van der Waals surface area contributed by atoms with Gasteiger partial charge >= 0.3 is 0 Å². The zero-order valence-corrected chi connectivity index (χ0v) is 11.9. The van der Waals surface area contributed by atoms with Gasteiger partial charge in [0.05, 0.1) is 4.92 Å². The molecule has 0 aliphatic rings. The van der Waals surface area contributed by atoms with Gasteiger partial charge in [-0.3, -0.25) is 10.1 Å². The molecule has 2 rings (SSSR count).